The minimum absolute atomic E-state index is 0.336. The van der Waals surface area contributed by atoms with E-state index in [1.54, 1.807) is 0 Å². The summed E-state index contributed by atoms with van der Waals surface area (Å²) in [5.74, 6) is 0. The zero-order valence-electron chi connectivity index (χ0n) is 9.38. The quantitative estimate of drug-likeness (QED) is 0.883. The number of rotatable bonds is 5. The Bertz CT molecular complexity index is 464. The molecule has 1 N–H and O–H groups in total. The second-order valence-electron chi connectivity index (χ2n) is 3.41. The van der Waals surface area contributed by atoms with Crippen LogP contribution in [0.3, 0.4) is 0 Å². The number of hydrogen-bond donors (Lipinski definition) is 1. The lowest BCUT2D eigenvalue weighted by atomic mass is 10.2. The number of aromatic nitrogens is 2. The van der Waals surface area contributed by atoms with E-state index in [9.17, 15) is 9.59 Å². The standard InChI is InChI=1S/C10H15BrN2O3/c1-3-5-7-8(11)9(14)13(10(15)12-7)16-6-4-2/h3-6H2,1-2H3,(H,12,15). The summed E-state index contributed by atoms with van der Waals surface area (Å²) >= 11 is 3.17. The van der Waals surface area contributed by atoms with E-state index in [1.165, 1.54) is 0 Å². The third kappa shape index (κ3) is 2.75. The molecule has 0 amide bonds. The Morgan fingerprint density at radius 2 is 2.00 bits per heavy atom. The van der Waals surface area contributed by atoms with Crippen molar-refractivity contribution in [1.29, 1.82) is 0 Å². The van der Waals surface area contributed by atoms with Gasteiger partial charge in [-0.2, -0.15) is 0 Å². The molecule has 0 fully saturated rings. The van der Waals surface area contributed by atoms with E-state index in [0.717, 1.165) is 17.6 Å². The fraction of sp³-hybridized carbons (Fsp3) is 0.600. The molecule has 1 aromatic heterocycles. The Hall–Kier alpha value is -1.04. The second-order valence-corrected chi connectivity index (χ2v) is 4.20. The minimum Gasteiger partial charge on any atom is -0.406 e. The molecule has 90 valence electrons. The molecule has 0 saturated heterocycles. The number of nitrogens with zero attached hydrogens (tertiary/aromatic N) is 1. The molecule has 0 aromatic carbocycles. The van der Waals surface area contributed by atoms with Gasteiger partial charge in [-0.1, -0.05) is 25.0 Å². The fourth-order valence-corrected chi connectivity index (χ4v) is 1.73. The first kappa shape index (κ1) is 13.0. The van der Waals surface area contributed by atoms with Crippen molar-refractivity contribution >= 4 is 15.9 Å². The number of H-pyrrole nitrogens is 1. The highest BCUT2D eigenvalue weighted by Crippen LogP contribution is 2.08. The van der Waals surface area contributed by atoms with Crippen LogP contribution in [0.15, 0.2) is 14.1 Å². The van der Waals surface area contributed by atoms with Gasteiger partial charge in [0.15, 0.2) is 0 Å². The van der Waals surface area contributed by atoms with Crippen LogP contribution >= 0.6 is 15.9 Å². The maximum Gasteiger partial charge on any atom is 0.362 e. The summed E-state index contributed by atoms with van der Waals surface area (Å²) in [7, 11) is 0. The summed E-state index contributed by atoms with van der Waals surface area (Å²) in [6.07, 6.45) is 2.24. The van der Waals surface area contributed by atoms with Gasteiger partial charge >= 0.3 is 11.2 Å². The zero-order chi connectivity index (χ0) is 12.1. The predicted octanol–water partition coefficient (Wildman–Crippen LogP) is 1.09. The maximum atomic E-state index is 11.8. The summed E-state index contributed by atoms with van der Waals surface area (Å²) in [6.45, 7) is 4.21. The molecular formula is C10H15BrN2O3. The summed E-state index contributed by atoms with van der Waals surface area (Å²) < 4.78 is 1.12. The Kier molecular flexibility index (Phi) is 4.79. The molecule has 0 aliphatic rings. The Balaban J connectivity index is 3.18. The van der Waals surface area contributed by atoms with E-state index < -0.39 is 11.2 Å². The van der Waals surface area contributed by atoms with Crippen molar-refractivity contribution in [2.75, 3.05) is 6.61 Å². The highest BCUT2D eigenvalue weighted by atomic mass is 79.9. The number of aromatic amines is 1. The molecule has 6 heteroatoms. The van der Waals surface area contributed by atoms with E-state index in [-0.39, 0.29) is 0 Å². The number of aryl methyl sites for hydroxylation is 1. The molecule has 0 saturated carbocycles. The van der Waals surface area contributed by atoms with Gasteiger partial charge in [-0.05, 0) is 28.8 Å². The number of halogens is 1. The van der Waals surface area contributed by atoms with Gasteiger partial charge in [0, 0.05) is 5.69 Å². The van der Waals surface area contributed by atoms with Gasteiger partial charge in [0.1, 0.15) is 11.1 Å². The Labute approximate surface area is 102 Å². The average Bonchev–Trinajstić information content (AvgIpc) is 2.26. The van der Waals surface area contributed by atoms with E-state index in [1.807, 2.05) is 13.8 Å². The molecule has 5 nitrogen and oxygen atoms in total. The molecule has 1 heterocycles. The van der Waals surface area contributed by atoms with Crippen molar-refractivity contribution in [3.05, 3.63) is 31.0 Å². The topological polar surface area (TPSA) is 64.1 Å². The predicted molar refractivity (Wildman–Crippen MR) is 64.8 cm³/mol. The molecule has 0 bridgehead atoms. The van der Waals surface area contributed by atoms with Gasteiger partial charge in [0.05, 0.1) is 0 Å². The van der Waals surface area contributed by atoms with Gasteiger partial charge in [-0.25, -0.2) is 4.79 Å². The smallest absolute Gasteiger partial charge is 0.362 e. The third-order valence-electron chi connectivity index (χ3n) is 2.00. The van der Waals surface area contributed by atoms with Crippen LogP contribution in [-0.2, 0) is 6.42 Å². The molecule has 1 rings (SSSR count). The molecule has 0 atom stereocenters. The van der Waals surface area contributed by atoms with Crippen molar-refractivity contribution in [3.8, 4) is 0 Å². The van der Waals surface area contributed by atoms with Crippen molar-refractivity contribution < 1.29 is 4.84 Å². The molecule has 1 aromatic rings. The molecule has 0 unspecified atom stereocenters. The molecular weight excluding hydrogens is 276 g/mol. The van der Waals surface area contributed by atoms with Crippen LogP contribution in [-0.4, -0.2) is 16.3 Å². The number of nitrogens with one attached hydrogen (secondary N) is 1. The third-order valence-corrected chi connectivity index (χ3v) is 2.82. The van der Waals surface area contributed by atoms with Crippen molar-refractivity contribution in [3.63, 3.8) is 0 Å². The van der Waals surface area contributed by atoms with E-state index in [4.69, 9.17) is 4.84 Å². The van der Waals surface area contributed by atoms with Crippen LogP contribution in [0.25, 0.3) is 0 Å². The first-order valence-electron chi connectivity index (χ1n) is 5.28. The molecule has 16 heavy (non-hydrogen) atoms. The lowest BCUT2D eigenvalue weighted by molar-refractivity contribution is 0.0908. The summed E-state index contributed by atoms with van der Waals surface area (Å²) in [6, 6.07) is 0. The molecule has 0 spiro atoms. The Morgan fingerprint density at radius 3 is 2.56 bits per heavy atom. The normalized spacial score (nSPS) is 10.4. The van der Waals surface area contributed by atoms with Crippen molar-refractivity contribution in [2.24, 2.45) is 0 Å². The maximum absolute atomic E-state index is 11.8. The summed E-state index contributed by atoms with van der Waals surface area (Å²) in [5.41, 5.74) is -0.348. The summed E-state index contributed by atoms with van der Waals surface area (Å²) in [5, 5.41) is 0. The fourth-order valence-electron chi connectivity index (χ4n) is 1.27. The second kappa shape index (κ2) is 5.89. The van der Waals surface area contributed by atoms with Gasteiger partial charge in [0.2, 0.25) is 0 Å². The van der Waals surface area contributed by atoms with Gasteiger partial charge in [-0.3, -0.25) is 4.79 Å². The van der Waals surface area contributed by atoms with Crippen LogP contribution in [0.4, 0.5) is 0 Å². The molecule has 0 aliphatic heterocycles. The van der Waals surface area contributed by atoms with Gasteiger partial charge in [-0.15, -0.1) is 0 Å². The van der Waals surface area contributed by atoms with E-state index >= 15 is 0 Å². The highest BCUT2D eigenvalue weighted by Gasteiger charge is 2.11. The van der Waals surface area contributed by atoms with Crippen LogP contribution in [0, 0.1) is 0 Å². The van der Waals surface area contributed by atoms with Crippen LogP contribution < -0.4 is 16.1 Å². The van der Waals surface area contributed by atoms with Gasteiger partial charge < -0.3 is 9.82 Å². The zero-order valence-corrected chi connectivity index (χ0v) is 11.0. The number of hydrogen-bond acceptors (Lipinski definition) is 3. The van der Waals surface area contributed by atoms with E-state index in [2.05, 4.69) is 20.9 Å². The van der Waals surface area contributed by atoms with Crippen LogP contribution in [0.2, 0.25) is 0 Å². The SMILES string of the molecule is CCCOn1c(=O)[nH]c(CCC)c(Br)c1=O. The monoisotopic (exact) mass is 290 g/mol. The average molecular weight is 291 g/mol. The highest BCUT2D eigenvalue weighted by molar-refractivity contribution is 9.10. The molecule has 0 radical (unpaired) electrons. The van der Waals surface area contributed by atoms with Crippen molar-refractivity contribution in [1.82, 2.24) is 9.71 Å². The lowest BCUT2D eigenvalue weighted by Gasteiger charge is -2.08. The van der Waals surface area contributed by atoms with Gasteiger partial charge in [0.25, 0.3) is 0 Å². The van der Waals surface area contributed by atoms with Crippen molar-refractivity contribution in [2.45, 2.75) is 33.1 Å². The van der Waals surface area contributed by atoms with Crippen LogP contribution in [0.5, 0.6) is 0 Å². The van der Waals surface area contributed by atoms with E-state index in [0.29, 0.717) is 23.2 Å². The minimum atomic E-state index is -0.523. The Morgan fingerprint density at radius 1 is 1.31 bits per heavy atom. The first-order chi connectivity index (χ1) is 7.61. The van der Waals surface area contributed by atoms with Crippen LogP contribution in [0.1, 0.15) is 32.4 Å². The summed E-state index contributed by atoms with van der Waals surface area (Å²) in [4.78, 5) is 31.0. The molecule has 0 aliphatic carbocycles. The first-order valence-corrected chi connectivity index (χ1v) is 6.08. The largest absolute Gasteiger partial charge is 0.406 e. The lowest BCUT2D eigenvalue weighted by Crippen LogP contribution is -2.41.